The predicted octanol–water partition coefficient (Wildman–Crippen LogP) is 5.05. The average molecular weight is 343 g/mol. The Hall–Kier alpha value is -2.42. The molecule has 132 valence electrons. The fraction of sp³-hybridized carbons (Fsp3) is 0.250. The summed E-state index contributed by atoms with van der Waals surface area (Å²) in [5, 5.41) is 0. The molecule has 0 saturated carbocycles. The molecule has 0 amide bonds. The molecule has 2 nitrogen and oxygen atoms in total. The summed E-state index contributed by atoms with van der Waals surface area (Å²) in [7, 11) is 0. The summed E-state index contributed by atoms with van der Waals surface area (Å²) in [6, 6.07) is 32.0. The van der Waals surface area contributed by atoms with Gasteiger partial charge in [-0.1, -0.05) is 91.0 Å². The molecular formula is C24H25NO. The van der Waals surface area contributed by atoms with Gasteiger partial charge in [0.05, 0.1) is 6.10 Å². The molecule has 3 aromatic carbocycles. The number of nitrogens with zero attached hydrogens (tertiary/aromatic N) is 1. The molecule has 0 N–H and O–H groups in total. The number of ether oxygens (including phenoxy) is 1. The van der Waals surface area contributed by atoms with E-state index in [0.29, 0.717) is 6.10 Å². The van der Waals surface area contributed by atoms with E-state index in [2.05, 4.69) is 95.9 Å². The van der Waals surface area contributed by atoms with Crippen LogP contribution in [0.2, 0.25) is 0 Å². The summed E-state index contributed by atoms with van der Waals surface area (Å²) in [6.45, 7) is 1.84. The van der Waals surface area contributed by atoms with Crippen molar-refractivity contribution in [3.05, 3.63) is 108 Å². The number of hydrogen-bond donors (Lipinski definition) is 0. The molecule has 0 aromatic heterocycles. The van der Waals surface area contributed by atoms with Gasteiger partial charge in [-0.15, -0.1) is 0 Å². The maximum Gasteiger partial charge on any atom is 0.138 e. The first-order valence-electron chi connectivity index (χ1n) is 9.40. The van der Waals surface area contributed by atoms with Crippen LogP contribution < -0.4 is 0 Å². The minimum absolute atomic E-state index is 0.221. The van der Waals surface area contributed by atoms with E-state index in [1.54, 1.807) is 0 Å². The second-order valence-corrected chi connectivity index (χ2v) is 6.97. The smallest absolute Gasteiger partial charge is 0.138 e. The van der Waals surface area contributed by atoms with Gasteiger partial charge in [0.15, 0.2) is 0 Å². The van der Waals surface area contributed by atoms with Crippen molar-refractivity contribution in [1.82, 2.24) is 4.90 Å². The summed E-state index contributed by atoms with van der Waals surface area (Å²) in [5.74, 6) is 0. The van der Waals surface area contributed by atoms with Crippen molar-refractivity contribution in [3.63, 3.8) is 0 Å². The summed E-state index contributed by atoms with van der Waals surface area (Å²) >= 11 is 0. The van der Waals surface area contributed by atoms with E-state index < -0.39 is 0 Å². The first kappa shape index (κ1) is 17.0. The van der Waals surface area contributed by atoms with Gasteiger partial charge >= 0.3 is 0 Å². The molecule has 0 radical (unpaired) electrons. The van der Waals surface area contributed by atoms with E-state index in [9.17, 15) is 0 Å². The number of aryl methyl sites for hydroxylation is 1. The Balaban J connectivity index is 1.40. The summed E-state index contributed by atoms with van der Waals surface area (Å²) in [5.41, 5.74) is 4.06. The molecule has 2 heteroatoms. The first-order valence-corrected chi connectivity index (χ1v) is 9.40. The lowest BCUT2D eigenvalue weighted by Gasteiger charge is -2.21. The molecule has 3 aromatic rings. The lowest BCUT2D eigenvalue weighted by molar-refractivity contribution is 0.159. The Labute approximate surface area is 156 Å². The highest BCUT2D eigenvalue weighted by atomic mass is 16.6. The molecule has 1 saturated heterocycles. The maximum absolute atomic E-state index is 6.07. The van der Waals surface area contributed by atoms with Crippen LogP contribution in [0.15, 0.2) is 91.0 Å². The average Bonchev–Trinajstić information content (AvgIpc) is 3.48. The van der Waals surface area contributed by atoms with Gasteiger partial charge in [0.2, 0.25) is 0 Å². The maximum atomic E-state index is 6.07. The van der Waals surface area contributed by atoms with Crippen molar-refractivity contribution >= 4 is 0 Å². The lowest BCUT2D eigenvalue weighted by atomic mass is 10.1. The summed E-state index contributed by atoms with van der Waals surface area (Å²) in [4.78, 5) is 2.46. The molecule has 0 spiro atoms. The van der Waals surface area contributed by atoms with Gasteiger partial charge in [-0.3, -0.25) is 4.90 Å². The zero-order chi connectivity index (χ0) is 17.6. The van der Waals surface area contributed by atoms with Crippen LogP contribution in [0.5, 0.6) is 0 Å². The third-order valence-corrected chi connectivity index (χ3v) is 4.93. The highest BCUT2D eigenvalue weighted by Crippen LogP contribution is 2.32. The van der Waals surface area contributed by atoms with Gasteiger partial charge in [0.25, 0.3) is 0 Å². The molecule has 1 heterocycles. The van der Waals surface area contributed by atoms with Gasteiger partial charge in [-0.05, 0) is 29.5 Å². The fourth-order valence-corrected chi connectivity index (χ4v) is 3.49. The van der Waals surface area contributed by atoms with E-state index in [1.165, 1.54) is 16.7 Å². The van der Waals surface area contributed by atoms with Crippen molar-refractivity contribution in [2.45, 2.75) is 38.3 Å². The molecule has 2 atom stereocenters. The Morgan fingerprint density at radius 3 is 1.58 bits per heavy atom. The molecule has 0 bridgehead atoms. The van der Waals surface area contributed by atoms with Crippen molar-refractivity contribution in [2.75, 3.05) is 0 Å². The van der Waals surface area contributed by atoms with Crippen LogP contribution in [-0.4, -0.2) is 17.2 Å². The van der Waals surface area contributed by atoms with Crippen LogP contribution in [-0.2, 0) is 24.2 Å². The van der Waals surface area contributed by atoms with E-state index in [4.69, 9.17) is 4.74 Å². The molecular weight excluding hydrogens is 318 g/mol. The number of benzene rings is 3. The van der Waals surface area contributed by atoms with E-state index in [0.717, 1.165) is 25.9 Å². The van der Waals surface area contributed by atoms with E-state index in [1.807, 2.05) is 0 Å². The summed E-state index contributed by atoms with van der Waals surface area (Å²) < 4.78 is 6.07. The van der Waals surface area contributed by atoms with Crippen molar-refractivity contribution in [1.29, 1.82) is 0 Å². The minimum atomic E-state index is 0.221. The normalized spacial score (nSPS) is 18.8. The van der Waals surface area contributed by atoms with Crippen LogP contribution in [0.3, 0.4) is 0 Å². The summed E-state index contributed by atoms with van der Waals surface area (Å²) in [6.07, 6.45) is 2.71. The van der Waals surface area contributed by atoms with Crippen molar-refractivity contribution in [2.24, 2.45) is 0 Å². The van der Waals surface area contributed by atoms with Crippen LogP contribution in [0.4, 0.5) is 0 Å². The van der Waals surface area contributed by atoms with Crippen LogP contribution in [0, 0.1) is 0 Å². The number of hydrogen-bond acceptors (Lipinski definition) is 2. The molecule has 26 heavy (non-hydrogen) atoms. The van der Waals surface area contributed by atoms with Gasteiger partial charge < -0.3 is 4.74 Å². The molecule has 0 unspecified atom stereocenters. The minimum Gasteiger partial charge on any atom is -0.353 e. The quantitative estimate of drug-likeness (QED) is 0.532. The van der Waals surface area contributed by atoms with Gasteiger partial charge in [-0.2, -0.15) is 0 Å². The predicted molar refractivity (Wildman–Crippen MR) is 106 cm³/mol. The van der Waals surface area contributed by atoms with Gasteiger partial charge in [-0.25, -0.2) is 0 Å². The van der Waals surface area contributed by atoms with E-state index in [-0.39, 0.29) is 6.23 Å². The third-order valence-electron chi connectivity index (χ3n) is 4.93. The van der Waals surface area contributed by atoms with Crippen LogP contribution >= 0.6 is 0 Å². The number of epoxide rings is 1. The monoisotopic (exact) mass is 343 g/mol. The second-order valence-electron chi connectivity index (χ2n) is 6.97. The first-order chi connectivity index (χ1) is 12.9. The Morgan fingerprint density at radius 2 is 1.08 bits per heavy atom. The Bertz CT molecular complexity index is 747. The van der Waals surface area contributed by atoms with Gasteiger partial charge in [0, 0.05) is 13.1 Å². The molecule has 0 aliphatic carbocycles. The fourth-order valence-electron chi connectivity index (χ4n) is 3.49. The highest BCUT2D eigenvalue weighted by Gasteiger charge is 2.42. The zero-order valence-corrected chi connectivity index (χ0v) is 15.0. The molecule has 1 aliphatic rings. The van der Waals surface area contributed by atoms with Crippen LogP contribution in [0.1, 0.15) is 23.1 Å². The molecule has 1 fully saturated rings. The topological polar surface area (TPSA) is 15.8 Å². The van der Waals surface area contributed by atoms with Gasteiger partial charge in [0.1, 0.15) is 6.23 Å². The van der Waals surface area contributed by atoms with Crippen molar-refractivity contribution in [3.8, 4) is 0 Å². The highest BCUT2D eigenvalue weighted by molar-refractivity contribution is 5.18. The van der Waals surface area contributed by atoms with E-state index >= 15 is 0 Å². The SMILES string of the molecule is c1ccc(CC[C@@H]2O[C@@H]2N(Cc2ccccc2)Cc2ccccc2)cc1. The molecule has 1 aliphatic heterocycles. The largest absolute Gasteiger partial charge is 0.353 e. The number of rotatable bonds is 8. The Morgan fingerprint density at radius 1 is 0.615 bits per heavy atom. The third kappa shape index (κ3) is 4.60. The standard InChI is InChI=1S/C24H25NO/c1-4-10-20(11-5-1)16-17-23-24(26-23)25(18-21-12-6-2-7-13-21)19-22-14-8-3-9-15-22/h1-15,23-24H,16-19H2/t23-,24-/m0/s1. The zero-order valence-electron chi connectivity index (χ0n) is 15.0. The van der Waals surface area contributed by atoms with Crippen molar-refractivity contribution < 1.29 is 4.74 Å². The Kier molecular flexibility index (Phi) is 5.44. The second kappa shape index (κ2) is 8.31. The lowest BCUT2D eigenvalue weighted by Crippen LogP contribution is -2.27. The van der Waals surface area contributed by atoms with Crippen LogP contribution in [0.25, 0.3) is 0 Å². The molecule has 4 rings (SSSR count).